The first-order valence-electron chi connectivity index (χ1n) is 5.02. The second kappa shape index (κ2) is 10.3. The Morgan fingerprint density at radius 1 is 1.07 bits per heavy atom. The molecule has 0 rings (SSSR count). The van der Waals surface area contributed by atoms with E-state index in [0.29, 0.717) is 15.2 Å². The Balaban J connectivity index is 3.18. The van der Waals surface area contributed by atoms with Crippen molar-refractivity contribution in [1.29, 1.82) is 0 Å². The summed E-state index contributed by atoms with van der Waals surface area (Å²) in [6.45, 7) is 2.92. The molecule has 0 aliphatic heterocycles. The summed E-state index contributed by atoms with van der Waals surface area (Å²) in [7, 11) is 0. The van der Waals surface area contributed by atoms with Gasteiger partial charge in [0.1, 0.15) is 3.39 Å². The third-order valence-electron chi connectivity index (χ3n) is 1.88. The second-order valence-corrected chi connectivity index (χ2v) is 6.14. The van der Waals surface area contributed by atoms with Crippen molar-refractivity contribution in [3.8, 4) is 0 Å². The number of hydrogen-bond acceptors (Lipinski definition) is 1. The lowest BCUT2D eigenvalue weighted by Gasteiger charge is -2.04. The molecule has 4 heteroatoms. The predicted molar refractivity (Wildman–Crippen MR) is 70.1 cm³/mol. The molecule has 0 fully saturated rings. The van der Waals surface area contributed by atoms with E-state index in [1.807, 2.05) is 0 Å². The van der Waals surface area contributed by atoms with Crippen molar-refractivity contribution in [1.82, 2.24) is 0 Å². The van der Waals surface area contributed by atoms with Crippen LogP contribution in [0.3, 0.4) is 0 Å². The highest BCUT2D eigenvalue weighted by Gasteiger charge is 1.98. The van der Waals surface area contributed by atoms with Gasteiger partial charge in [-0.2, -0.15) is 0 Å². The topological polar surface area (TPSA) is 9.23 Å². The van der Waals surface area contributed by atoms with Crippen molar-refractivity contribution < 1.29 is 4.74 Å². The highest BCUT2D eigenvalue weighted by molar-refractivity contribution is 9.28. The molecule has 0 aromatic heterocycles. The molecule has 0 saturated heterocycles. The molecule has 0 saturated carbocycles. The van der Waals surface area contributed by atoms with Crippen LogP contribution in [0.2, 0.25) is 0 Å². The zero-order chi connectivity index (χ0) is 10.8. The molecule has 1 nitrogen and oxygen atoms in total. The first-order chi connectivity index (χ1) is 6.68. The first kappa shape index (κ1) is 14.8. The Morgan fingerprint density at radius 3 is 2.21 bits per heavy atom. The van der Waals surface area contributed by atoms with Crippen LogP contribution in [0.4, 0.5) is 0 Å². The monoisotopic (exact) mass is 346 g/mol. The molecule has 0 amide bonds. The molecular weight excluding hydrogens is 331 g/mol. The Kier molecular flexibility index (Phi) is 10.9. The predicted octanol–water partition coefficient (Wildman–Crippen LogP) is 5.52. The molecule has 0 aromatic carbocycles. The fourth-order valence-electron chi connectivity index (χ4n) is 1.10. The fourth-order valence-corrected chi connectivity index (χ4v) is 1.40. The summed E-state index contributed by atoms with van der Waals surface area (Å²) in [5.74, 6) is 0. The van der Waals surface area contributed by atoms with Gasteiger partial charge in [-0.05, 0) is 49.9 Å². The molecule has 0 N–H and O–H groups in total. The maximum atomic E-state index is 5.74. The Labute approximate surface area is 108 Å². The molecule has 0 unspecified atom stereocenters. The Morgan fingerprint density at radius 2 is 1.64 bits per heavy atom. The first-order valence-corrected chi connectivity index (χ1v) is 6.98. The van der Waals surface area contributed by atoms with Crippen LogP contribution in [0.15, 0.2) is 8.61 Å². The standard InChI is InChI=1S/C10H17Br2ClO/c1-2-3-4-5-6-7-8-14-10(13)9(11)12/h2-8H2,1H3. The zero-order valence-corrected chi connectivity index (χ0v) is 12.4. The molecular formula is C10H17Br2ClO. The van der Waals surface area contributed by atoms with Gasteiger partial charge in [-0.15, -0.1) is 0 Å². The summed E-state index contributed by atoms with van der Waals surface area (Å²) in [6, 6.07) is 0. The highest BCUT2D eigenvalue weighted by Crippen LogP contribution is 2.23. The summed E-state index contributed by atoms with van der Waals surface area (Å²) >= 11 is 12.1. The van der Waals surface area contributed by atoms with Crippen molar-refractivity contribution >= 4 is 43.5 Å². The average molecular weight is 349 g/mol. The summed E-state index contributed by atoms with van der Waals surface area (Å²) in [5.41, 5.74) is 0. The van der Waals surface area contributed by atoms with Crippen molar-refractivity contribution in [2.75, 3.05) is 6.61 Å². The van der Waals surface area contributed by atoms with Gasteiger partial charge in [0.05, 0.1) is 6.61 Å². The van der Waals surface area contributed by atoms with Crippen LogP contribution in [0.25, 0.3) is 0 Å². The molecule has 0 spiro atoms. The smallest absolute Gasteiger partial charge is 0.208 e. The van der Waals surface area contributed by atoms with E-state index in [-0.39, 0.29) is 0 Å². The second-order valence-electron chi connectivity index (χ2n) is 3.15. The third kappa shape index (κ3) is 9.35. The van der Waals surface area contributed by atoms with Gasteiger partial charge in [-0.25, -0.2) is 0 Å². The lowest BCUT2D eigenvalue weighted by atomic mass is 10.1. The van der Waals surface area contributed by atoms with Gasteiger partial charge in [0, 0.05) is 0 Å². The molecule has 0 aliphatic carbocycles. The quantitative estimate of drug-likeness (QED) is 0.414. The molecule has 0 aliphatic rings. The largest absolute Gasteiger partial charge is 0.482 e. The van der Waals surface area contributed by atoms with Crippen molar-refractivity contribution in [2.24, 2.45) is 0 Å². The van der Waals surface area contributed by atoms with E-state index in [0.717, 1.165) is 6.42 Å². The van der Waals surface area contributed by atoms with Crippen molar-refractivity contribution in [2.45, 2.75) is 45.4 Å². The van der Waals surface area contributed by atoms with Gasteiger partial charge >= 0.3 is 0 Å². The summed E-state index contributed by atoms with van der Waals surface area (Å²) in [5, 5.41) is 0.401. The number of rotatable bonds is 8. The van der Waals surface area contributed by atoms with Gasteiger partial charge in [0.2, 0.25) is 5.22 Å². The Hall–Kier alpha value is 0.790. The molecule has 0 atom stereocenters. The molecule has 0 aromatic rings. The van der Waals surface area contributed by atoms with Crippen LogP contribution < -0.4 is 0 Å². The summed E-state index contributed by atoms with van der Waals surface area (Å²) < 4.78 is 5.94. The van der Waals surface area contributed by atoms with Crippen LogP contribution in [0.1, 0.15) is 45.4 Å². The third-order valence-corrected chi connectivity index (χ3v) is 3.35. The minimum atomic E-state index is 0.401. The van der Waals surface area contributed by atoms with E-state index >= 15 is 0 Å². The summed E-state index contributed by atoms with van der Waals surface area (Å²) in [4.78, 5) is 0. The maximum Gasteiger partial charge on any atom is 0.208 e. The zero-order valence-electron chi connectivity index (χ0n) is 8.49. The molecule has 14 heavy (non-hydrogen) atoms. The minimum absolute atomic E-state index is 0.401. The van der Waals surface area contributed by atoms with E-state index in [4.69, 9.17) is 16.3 Å². The van der Waals surface area contributed by atoms with Gasteiger partial charge in [0.25, 0.3) is 0 Å². The van der Waals surface area contributed by atoms with Crippen LogP contribution in [-0.2, 0) is 4.74 Å². The normalized spacial score (nSPS) is 10.0. The Bertz CT molecular complexity index is 168. The van der Waals surface area contributed by atoms with E-state index in [1.54, 1.807) is 0 Å². The van der Waals surface area contributed by atoms with Crippen molar-refractivity contribution in [3.63, 3.8) is 0 Å². The maximum absolute atomic E-state index is 5.74. The lowest BCUT2D eigenvalue weighted by Crippen LogP contribution is -1.91. The van der Waals surface area contributed by atoms with E-state index in [9.17, 15) is 0 Å². The van der Waals surface area contributed by atoms with E-state index in [2.05, 4.69) is 38.8 Å². The number of ether oxygens (including phenoxy) is 1. The van der Waals surface area contributed by atoms with Crippen LogP contribution in [-0.4, -0.2) is 6.61 Å². The molecule has 84 valence electrons. The highest BCUT2D eigenvalue weighted by atomic mass is 79.9. The van der Waals surface area contributed by atoms with Crippen LogP contribution in [0.5, 0.6) is 0 Å². The number of hydrogen-bond donors (Lipinski definition) is 0. The SMILES string of the molecule is CCCCCCCCOC(Cl)=C(Br)Br. The molecule has 0 heterocycles. The van der Waals surface area contributed by atoms with Gasteiger partial charge in [-0.1, -0.05) is 39.0 Å². The fraction of sp³-hybridized carbons (Fsp3) is 0.800. The summed E-state index contributed by atoms with van der Waals surface area (Å²) in [6.07, 6.45) is 7.57. The van der Waals surface area contributed by atoms with Crippen LogP contribution >= 0.6 is 43.5 Å². The van der Waals surface area contributed by atoms with Crippen molar-refractivity contribution in [3.05, 3.63) is 8.61 Å². The molecule has 0 bridgehead atoms. The van der Waals surface area contributed by atoms with E-state index < -0.39 is 0 Å². The van der Waals surface area contributed by atoms with Gasteiger partial charge in [0.15, 0.2) is 0 Å². The average Bonchev–Trinajstić information content (AvgIpc) is 2.16. The minimum Gasteiger partial charge on any atom is -0.482 e. The van der Waals surface area contributed by atoms with Crippen LogP contribution in [0, 0.1) is 0 Å². The lowest BCUT2D eigenvalue weighted by molar-refractivity contribution is 0.228. The number of halogens is 3. The van der Waals surface area contributed by atoms with Gasteiger partial charge in [-0.3, -0.25) is 0 Å². The van der Waals surface area contributed by atoms with Gasteiger partial charge < -0.3 is 4.74 Å². The molecule has 0 radical (unpaired) electrons. The number of unbranched alkanes of at least 4 members (excludes halogenated alkanes) is 5. The van der Waals surface area contributed by atoms with E-state index in [1.165, 1.54) is 32.1 Å².